The molecule has 6 nitrogen and oxygen atoms in total. The van der Waals surface area contributed by atoms with Crippen molar-refractivity contribution in [3.05, 3.63) is 28.4 Å². The molecule has 0 aliphatic heterocycles. The third-order valence-corrected chi connectivity index (χ3v) is 3.53. The Morgan fingerprint density at radius 3 is 2.53 bits per heavy atom. The van der Waals surface area contributed by atoms with Crippen LogP contribution in [0.2, 0.25) is 0 Å². The minimum atomic E-state index is -0.900. The minimum absolute atomic E-state index is 0.0345. The molecule has 1 N–H and O–H groups in total. The number of nitro groups is 1. The Morgan fingerprint density at radius 1 is 1.53 bits per heavy atom. The van der Waals surface area contributed by atoms with E-state index in [-0.39, 0.29) is 11.7 Å². The number of carboxylic acid groups (broad SMARTS) is 1. The molecule has 0 saturated carbocycles. The number of nitrogens with zero attached hydrogens (tertiary/aromatic N) is 2. The van der Waals surface area contributed by atoms with Gasteiger partial charge in [0, 0.05) is 6.07 Å². The predicted molar refractivity (Wildman–Crippen MR) is 63.0 cm³/mol. The number of aromatic nitrogens is 1. The molecule has 0 aliphatic carbocycles. The van der Waals surface area contributed by atoms with Gasteiger partial charge in [0.05, 0.1) is 4.90 Å². The van der Waals surface area contributed by atoms with Gasteiger partial charge in [-0.25, -0.2) is 0 Å². The van der Waals surface area contributed by atoms with Gasteiger partial charge in [0.1, 0.15) is 5.25 Å². The molecule has 1 heterocycles. The molecule has 1 atom stereocenters. The first-order chi connectivity index (χ1) is 7.91. The van der Waals surface area contributed by atoms with Crippen LogP contribution in [-0.4, -0.2) is 26.2 Å². The maximum atomic E-state index is 11.0. The van der Waals surface area contributed by atoms with E-state index in [0.29, 0.717) is 4.90 Å². The highest BCUT2D eigenvalue weighted by Gasteiger charge is 2.23. The zero-order valence-corrected chi connectivity index (χ0v) is 10.2. The van der Waals surface area contributed by atoms with Gasteiger partial charge in [0.15, 0.2) is 6.20 Å². The van der Waals surface area contributed by atoms with E-state index in [2.05, 4.69) is 4.98 Å². The lowest BCUT2D eigenvalue weighted by atomic mass is 10.1. The molecular formula is C10H12N2O4S. The second kappa shape index (κ2) is 5.62. The molecule has 1 rings (SSSR count). The molecule has 0 amide bonds. The summed E-state index contributed by atoms with van der Waals surface area (Å²) >= 11 is 1.14. The fourth-order valence-electron chi connectivity index (χ4n) is 1.17. The summed E-state index contributed by atoms with van der Waals surface area (Å²) in [4.78, 5) is 25.0. The number of hydrogen-bond donors (Lipinski definition) is 1. The lowest BCUT2D eigenvalue weighted by Gasteiger charge is -2.14. The predicted octanol–water partition coefficient (Wildman–Crippen LogP) is 2.19. The van der Waals surface area contributed by atoms with Crippen molar-refractivity contribution in [2.45, 2.75) is 24.0 Å². The first-order valence-electron chi connectivity index (χ1n) is 4.91. The third-order valence-electron chi connectivity index (χ3n) is 2.02. The van der Waals surface area contributed by atoms with Crippen molar-refractivity contribution in [3.8, 4) is 0 Å². The number of hydrogen-bond acceptors (Lipinski definition) is 5. The van der Waals surface area contributed by atoms with E-state index in [4.69, 9.17) is 5.11 Å². The molecule has 92 valence electrons. The summed E-state index contributed by atoms with van der Waals surface area (Å²) in [5.74, 6) is -1.18. The number of carbonyl (C=O) groups is 1. The maximum Gasteiger partial charge on any atom is 0.363 e. The standard InChI is InChI=1S/C10H12N2O4S/c1-6(2)9(10(13)14)17-7-3-4-8(11-5-7)12(15)16/h3-6,9H,1-2H3,(H,13,14). The van der Waals surface area contributed by atoms with Crippen LogP contribution in [0.15, 0.2) is 23.2 Å². The Labute approximate surface area is 102 Å². The van der Waals surface area contributed by atoms with Crippen LogP contribution in [0.1, 0.15) is 13.8 Å². The fraction of sp³-hybridized carbons (Fsp3) is 0.400. The molecule has 0 bridgehead atoms. The van der Waals surface area contributed by atoms with Crippen molar-refractivity contribution in [3.63, 3.8) is 0 Å². The van der Waals surface area contributed by atoms with Gasteiger partial charge in [-0.1, -0.05) is 13.8 Å². The summed E-state index contributed by atoms with van der Waals surface area (Å²) < 4.78 is 0. The largest absolute Gasteiger partial charge is 0.480 e. The highest BCUT2D eigenvalue weighted by atomic mass is 32.2. The summed E-state index contributed by atoms with van der Waals surface area (Å²) in [6.07, 6.45) is 1.32. The molecule has 1 unspecified atom stereocenters. The van der Waals surface area contributed by atoms with Crippen LogP contribution < -0.4 is 0 Å². The van der Waals surface area contributed by atoms with E-state index >= 15 is 0 Å². The third kappa shape index (κ3) is 3.70. The average molecular weight is 256 g/mol. The maximum absolute atomic E-state index is 11.0. The molecular weight excluding hydrogens is 244 g/mol. The van der Waals surface area contributed by atoms with Gasteiger partial charge in [-0.15, -0.1) is 11.8 Å². The minimum Gasteiger partial charge on any atom is -0.480 e. The van der Waals surface area contributed by atoms with E-state index in [1.807, 2.05) is 13.8 Å². The summed E-state index contributed by atoms with van der Waals surface area (Å²) in [6.45, 7) is 3.62. The topological polar surface area (TPSA) is 93.3 Å². The molecule has 1 aromatic rings. The van der Waals surface area contributed by atoms with Crippen molar-refractivity contribution in [1.29, 1.82) is 0 Å². The SMILES string of the molecule is CC(C)C(Sc1ccc([N+](=O)[O-])nc1)C(=O)O. The van der Waals surface area contributed by atoms with Crippen LogP contribution in [0.25, 0.3) is 0 Å². The number of rotatable bonds is 5. The molecule has 0 radical (unpaired) electrons. The van der Waals surface area contributed by atoms with E-state index in [1.165, 1.54) is 18.3 Å². The van der Waals surface area contributed by atoms with E-state index < -0.39 is 16.1 Å². The lowest BCUT2D eigenvalue weighted by Crippen LogP contribution is -2.22. The zero-order valence-electron chi connectivity index (χ0n) is 9.36. The second-order valence-corrected chi connectivity index (χ2v) is 4.94. The number of pyridine rings is 1. The van der Waals surface area contributed by atoms with Crippen molar-refractivity contribution in [2.75, 3.05) is 0 Å². The molecule has 0 fully saturated rings. The average Bonchev–Trinajstić information content (AvgIpc) is 2.25. The van der Waals surface area contributed by atoms with Crippen molar-refractivity contribution >= 4 is 23.5 Å². The summed E-state index contributed by atoms with van der Waals surface area (Å²) in [5.41, 5.74) is 0. The van der Waals surface area contributed by atoms with Gasteiger partial charge in [-0.3, -0.25) is 4.79 Å². The smallest absolute Gasteiger partial charge is 0.363 e. The first-order valence-corrected chi connectivity index (χ1v) is 5.79. The van der Waals surface area contributed by atoms with Gasteiger partial charge < -0.3 is 15.2 Å². The van der Waals surface area contributed by atoms with Gasteiger partial charge in [0.2, 0.25) is 0 Å². The van der Waals surface area contributed by atoms with Crippen LogP contribution in [0.5, 0.6) is 0 Å². The van der Waals surface area contributed by atoms with E-state index in [0.717, 1.165) is 11.8 Å². The van der Waals surface area contributed by atoms with Gasteiger partial charge in [-0.05, 0) is 21.9 Å². The van der Waals surface area contributed by atoms with Crippen LogP contribution in [-0.2, 0) is 4.79 Å². The number of carboxylic acids is 1. The first kappa shape index (κ1) is 13.4. The highest BCUT2D eigenvalue weighted by molar-refractivity contribution is 8.00. The normalized spacial score (nSPS) is 12.4. The van der Waals surface area contributed by atoms with E-state index in [9.17, 15) is 14.9 Å². The van der Waals surface area contributed by atoms with Gasteiger partial charge >= 0.3 is 11.8 Å². The second-order valence-electron chi connectivity index (χ2n) is 3.73. The Morgan fingerprint density at radius 2 is 2.18 bits per heavy atom. The van der Waals surface area contributed by atoms with Gasteiger partial charge in [0.25, 0.3) is 0 Å². The molecule has 17 heavy (non-hydrogen) atoms. The number of aliphatic carboxylic acids is 1. The molecule has 0 aromatic carbocycles. The monoisotopic (exact) mass is 256 g/mol. The van der Waals surface area contributed by atoms with Crippen LogP contribution in [0.4, 0.5) is 5.82 Å². The van der Waals surface area contributed by atoms with Crippen molar-refractivity contribution in [1.82, 2.24) is 4.98 Å². The fourth-order valence-corrected chi connectivity index (χ4v) is 2.09. The molecule has 1 aromatic heterocycles. The highest BCUT2D eigenvalue weighted by Crippen LogP contribution is 2.28. The quantitative estimate of drug-likeness (QED) is 0.493. The Hall–Kier alpha value is -1.63. The Balaban J connectivity index is 2.80. The van der Waals surface area contributed by atoms with Crippen LogP contribution in [0.3, 0.4) is 0 Å². The Kier molecular flexibility index (Phi) is 4.45. The van der Waals surface area contributed by atoms with Gasteiger partial charge in [-0.2, -0.15) is 0 Å². The Bertz CT molecular complexity index is 419. The molecule has 0 saturated heterocycles. The number of thioether (sulfide) groups is 1. The van der Waals surface area contributed by atoms with Crippen LogP contribution >= 0.6 is 11.8 Å². The van der Waals surface area contributed by atoms with Crippen LogP contribution in [0, 0.1) is 16.0 Å². The zero-order chi connectivity index (χ0) is 13.0. The van der Waals surface area contributed by atoms with Crippen molar-refractivity contribution in [2.24, 2.45) is 5.92 Å². The lowest BCUT2D eigenvalue weighted by molar-refractivity contribution is -0.389. The van der Waals surface area contributed by atoms with E-state index in [1.54, 1.807) is 0 Å². The summed E-state index contributed by atoms with van der Waals surface area (Å²) in [7, 11) is 0. The summed E-state index contributed by atoms with van der Waals surface area (Å²) in [5, 5.41) is 18.8. The molecule has 0 spiro atoms. The van der Waals surface area contributed by atoms with Crippen molar-refractivity contribution < 1.29 is 14.8 Å². The molecule has 7 heteroatoms. The molecule has 0 aliphatic rings. The summed E-state index contributed by atoms with van der Waals surface area (Å²) in [6, 6.07) is 2.77.